The molecule has 0 bridgehead atoms. The van der Waals surface area contributed by atoms with Gasteiger partial charge in [-0.05, 0) is 37.1 Å². The summed E-state index contributed by atoms with van der Waals surface area (Å²) >= 11 is 0. The third kappa shape index (κ3) is 4.49. The smallest absolute Gasteiger partial charge is 0.294 e. The van der Waals surface area contributed by atoms with Crippen LogP contribution in [0.25, 0.3) is 6.08 Å². The third-order valence-corrected chi connectivity index (χ3v) is 3.95. The van der Waals surface area contributed by atoms with Gasteiger partial charge in [-0.1, -0.05) is 42.0 Å². The first-order valence-electron chi connectivity index (χ1n) is 6.36. The van der Waals surface area contributed by atoms with E-state index in [0.717, 1.165) is 23.1 Å². The minimum absolute atomic E-state index is 0. The quantitative estimate of drug-likeness (QED) is 0.818. The van der Waals surface area contributed by atoms with E-state index in [0.29, 0.717) is 0 Å². The van der Waals surface area contributed by atoms with E-state index in [1.165, 1.54) is 18.2 Å². The maximum atomic E-state index is 12.8. The molecule has 3 N–H and O–H groups in total. The van der Waals surface area contributed by atoms with E-state index < -0.39 is 10.1 Å². The molecule has 1 aliphatic rings. The van der Waals surface area contributed by atoms with Crippen molar-refractivity contribution in [3.63, 3.8) is 0 Å². The second kappa shape index (κ2) is 7.31. The fourth-order valence-electron chi connectivity index (χ4n) is 1.96. The van der Waals surface area contributed by atoms with E-state index in [4.69, 9.17) is 4.55 Å². The van der Waals surface area contributed by atoms with E-state index in [-0.39, 0.29) is 16.2 Å². The lowest BCUT2D eigenvalue weighted by Gasteiger charge is -1.96. The zero-order valence-electron chi connectivity index (χ0n) is 12.0. The highest BCUT2D eigenvalue weighted by Gasteiger charge is 2.08. The molecule has 0 spiro atoms. The van der Waals surface area contributed by atoms with E-state index >= 15 is 0 Å². The predicted molar refractivity (Wildman–Crippen MR) is 83.7 cm³/mol. The number of aryl methyl sites for hydroxylation is 1. The van der Waals surface area contributed by atoms with Gasteiger partial charge < -0.3 is 5.48 Å². The summed E-state index contributed by atoms with van der Waals surface area (Å²) in [6.07, 6.45) is 4.70. The van der Waals surface area contributed by atoms with Gasteiger partial charge in [0.15, 0.2) is 0 Å². The number of hydrogen-bond acceptors (Lipinski definition) is 2. The maximum absolute atomic E-state index is 12.8. The highest BCUT2D eigenvalue weighted by atomic mass is 32.2. The lowest BCUT2D eigenvalue weighted by Crippen LogP contribution is -1.96. The molecular weight excluding hydrogens is 307 g/mol. The molecule has 2 aromatic rings. The molecular formula is C16H17FO4S. The number of rotatable bonds is 1. The molecule has 0 fully saturated rings. The topological polar surface area (TPSA) is 85.9 Å². The Labute approximate surface area is 129 Å². The van der Waals surface area contributed by atoms with Crippen LogP contribution >= 0.6 is 0 Å². The normalized spacial score (nSPS) is 12.0. The summed E-state index contributed by atoms with van der Waals surface area (Å²) < 4.78 is 42.4. The van der Waals surface area contributed by atoms with Crippen molar-refractivity contribution < 1.29 is 22.8 Å². The SMILES string of the molecule is Cc1ccc(S(=O)(=O)O)cc1.Fc1cccc2c1C=CC2.O. The van der Waals surface area contributed by atoms with Crippen LogP contribution in [0.4, 0.5) is 4.39 Å². The fraction of sp³-hybridized carbons (Fsp3) is 0.125. The van der Waals surface area contributed by atoms with Gasteiger partial charge in [0, 0.05) is 5.56 Å². The Bertz CT molecular complexity index is 765. The van der Waals surface area contributed by atoms with Gasteiger partial charge in [0.25, 0.3) is 10.1 Å². The van der Waals surface area contributed by atoms with Crippen LogP contribution in [-0.4, -0.2) is 18.4 Å². The van der Waals surface area contributed by atoms with Crippen LogP contribution in [0, 0.1) is 12.7 Å². The van der Waals surface area contributed by atoms with E-state index in [9.17, 15) is 12.8 Å². The second-order valence-corrected chi connectivity index (χ2v) is 6.13. The van der Waals surface area contributed by atoms with Crippen molar-refractivity contribution >= 4 is 16.2 Å². The minimum Gasteiger partial charge on any atom is -0.412 e. The highest BCUT2D eigenvalue weighted by Crippen LogP contribution is 2.21. The first-order valence-corrected chi connectivity index (χ1v) is 7.80. The van der Waals surface area contributed by atoms with Gasteiger partial charge in [-0.3, -0.25) is 4.55 Å². The molecule has 0 saturated carbocycles. The molecule has 0 atom stereocenters. The largest absolute Gasteiger partial charge is 0.412 e. The molecule has 0 aromatic heterocycles. The summed E-state index contributed by atoms with van der Waals surface area (Å²) in [5.41, 5.74) is 2.82. The molecule has 118 valence electrons. The molecule has 2 aromatic carbocycles. The van der Waals surface area contributed by atoms with E-state index in [1.54, 1.807) is 18.2 Å². The summed E-state index contributed by atoms with van der Waals surface area (Å²) in [6.45, 7) is 1.84. The standard InChI is InChI=1S/C9H7F.C7H8O3S.H2O/c10-9-6-2-4-7-3-1-5-8(7)9;1-6-2-4-7(5-3-6)11(8,9)10;/h1-2,4-6H,3H2;2-5H,1H3,(H,8,9,10);1H2. The molecule has 0 unspecified atom stereocenters. The van der Waals surface area contributed by atoms with Gasteiger partial charge in [0.05, 0.1) is 4.90 Å². The van der Waals surface area contributed by atoms with Gasteiger partial charge in [-0.15, -0.1) is 0 Å². The summed E-state index contributed by atoms with van der Waals surface area (Å²) in [5.74, 6) is -0.105. The molecule has 1 aliphatic carbocycles. The molecule has 4 nitrogen and oxygen atoms in total. The Morgan fingerprint density at radius 3 is 2.27 bits per heavy atom. The zero-order valence-corrected chi connectivity index (χ0v) is 12.8. The van der Waals surface area contributed by atoms with Crippen LogP contribution < -0.4 is 0 Å². The van der Waals surface area contributed by atoms with Gasteiger partial charge in [0.2, 0.25) is 0 Å². The number of fused-ring (bicyclic) bond motifs is 1. The van der Waals surface area contributed by atoms with Crippen LogP contribution in [-0.2, 0) is 16.5 Å². The van der Waals surface area contributed by atoms with Crippen LogP contribution in [0.5, 0.6) is 0 Å². The monoisotopic (exact) mass is 324 g/mol. The van der Waals surface area contributed by atoms with Gasteiger partial charge in [-0.2, -0.15) is 8.42 Å². The molecule has 0 heterocycles. The van der Waals surface area contributed by atoms with Crippen LogP contribution in [0.1, 0.15) is 16.7 Å². The summed E-state index contributed by atoms with van der Waals surface area (Å²) in [4.78, 5) is -0.0666. The van der Waals surface area contributed by atoms with Crippen LogP contribution in [0.3, 0.4) is 0 Å². The van der Waals surface area contributed by atoms with Crippen LogP contribution in [0.15, 0.2) is 53.4 Å². The van der Waals surface area contributed by atoms with Crippen molar-refractivity contribution in [2.75, 3.05) is 0 Å². The number of halogens is 1. The highest BCUT2D eigenvalue weighted by molar-refractivity contribution is 7.85. The molecule has 0 amide bonds. The van der Waals surface area contributed by atoms with Crippen molar-refractivity contribution in [1.29, 1.82) is 0 Å². The lowest BCUT2D eigenvalue weighted by molar-refractivity contribution is 0.483. The first-order chi connectivity index (χ1) is 9.88. The average Bonchev–Trinajstić information content (AvgIpc) is 2.89. The van der Waals surface area contributed by atoms with E-state index in [2.05, 4.69) is 0 Å². The summed E-state index contributed by atoms with van der Waals surface area (Å²) in [5, 5.41) is 0. The number of allylic oxidation sites excluding steroid dienone is 1. The van der Waals surface area contributed by atoms with Crippen molar-refractivity contribution in [3.8, 4) is 0 Å². The van der Waals surface area contributed by atoms with Gasteiger partial charge in [0.1, 0.15) is 5.82 Å². The molecule has 6 heteroatoms. The number of benzene rings is 2. The van der Waals surface area contributed by atoms with Gasteiger partial charge in [-0.25, -0.2) is 4.39 Å². The Morgan fingerprint density at radius 1 is 1.09 bits per heavy atom. The summed E-state index contributed by atoms with van der Waals surface area (Å²) in [6, 6.07) is 11.2. The Hall–Kier alpha value is -2.02. The maximum Gasteiger partial charge on any atom is 0.294 e. The van der Waals surface area contributed by atoms with Crippen molar-refractivity contribution in [3.05, 3.63) is 71.0 Å². The zero-order chi connectivity index (χ0) is 15.5. The number of hydrogen-bond donors (Lipinski definition) is 1. The minimum atomic E-state index is -4.02. The Kier molecular flexibility index (Phi) is 5.99. The van der Waals surface area contributed by atoms with Crippen LogP contribution in [0.2, 0.25) is 0 Å². The fourth-order valence-corrected chi connectivity index (χ4v) is 2.44. The Balaban J connectivity index is 0.000000211. The van der Waals surface area contributed by atoms with Gasteiger partial charge >= 0.3 is 0 Å². The Morgan fingerprint density at radius 2 is 1.73 bits per heavy atom. The molecule has 0 saturated heterocycles. The second-order valence-electron chi connectivity index (χ2n) is 4.71. The lowest BCUT2D eigenvalue weighted by atomic mass is 10.1. The van der Waals surface area contributed by atoms with E-state index in [1.807, 2.05) is 25.1 Å². The van der Waals surface area contributed by atoms with Crippen molar-refractivity contribution in [2.45, 2.75) is 18.2 Å². The van der Waals surface area contributed by atoms with Crippen molar-refractivity contribution in [2.24, 2.45) is 0 Å². The molecule has 0 radical (unpaired) electrons. The predicted octanol–water partition coefficient (Wildman–Crippen LogP) is 2.81. The third-order valence-electron chi connectivity index (χ3n) is 3.08. The molecule has 3 rings (SSSR count). The van der Waals surface area contributed by atoms with Crippen molar-refractivity contribution in [1.82, 2.24) is 0 Å². The molecule has 0 aliphatic heterocycles. The molecule has 22 heavy (non-hydrogen) atoms. The average molecular weight is 324 g/mol. The first kappa shape index (κ1) is 18.0. The summed E-state index contributed by atoms with van der Waals surface area (Å²) in [7, 11) is -4.02.